The predicted octanol–water partition coefficient (Wildman–Crippen LogP) is 2.18. The highest BCUT2D eigenvalue weighted by Crippen LogP contribution is 2.38. The molecule has 17 heavy (non-hydrogen) atoms. The normalized spacial score (nSPS) is 20.0. The number of carbonyl (C=O) groups is 1. The first kappa shape index (κ1) is 12.2. The average Bonchev–Trinajstić information content (AvgIpc) is 2.70. The van der Waals surface area contributed by atoms with Crippen molar-refractivity contribution in [2.24, 2.45) is 0 Å². The number of rotatable bonds is 1. The summed E-state index contributed by atoms with van der Waals surface area (Å²) in [5.41, 5.74) is 0.453. The van der Waals surface area contributed by atoms with Gasteiger partial charge < -0.3 is 15.6 Å². The molecule has 1 unspecified atom stereocenters. The van der Waals surface area contributed by atoms with Gasteiger partial charge in [0.25, 0.3) is 0 Å². The molecule has 1 aliphatic rings. The Morgan fingerprint density at radius 1 is 1.59 bits per heavy atom. The fourth-order valence-corrected chi connectivity index (χ4v) is 2.57. The summed E-state index contributed by atoms with van der Waals surface area (Å²) < 4.78 is 36.3. The van der Waals surface area contributed by atoms with Gasteiger partial charge in [-0.25, -0.2) is 0 Å². The van der Waals surface area contributed by atoms with Crippen LogP contribution in [-0.4, -0.2) is 18.6 Å². The summed E-state index contributed by atoms with van der Waals surface area (Å²) in [5.74, 6) is -1.97. The van der Waals surface area contributed by atoms with E-state index in [-0.39, 0.29) is 13.0 Å². The number of alkyl halides is 3. The Hall–Kier alpha value is -1.28. The van der Waals surface area contributed by atoms with Crippen molar-refractivity contribution in [2.45, 2.75) is 18.6 Å². The topological polar surface area (TPSA) is 55.4 Å². The minimum Gasteiger partial charge on any atom is -0.758 e. The molecule has 0 spiro atoms. The first-order valence-corrected chi connectivity index (χ1v) is 5.67. The first-order valence-electron chi connectivity index (χ1n) is 4.79. The van der Waals surface area contributed by atoms with Gasteiger partial charge in [-0.05, 0) is 17.9 Å². The van der Waals surface area contributed by atoms with E-state index in [1.165, 1.54) is 0 Å². The summed E-state index contributed by atoms with van der Waals surface area (Å²) in [6, 6.07) is 0.821. The van der Waals surface area contributed by atoms with Gasteiger partial charge in [0.2, 0.25) is 0 Å². The van der Waals surface area contributed by atoms with Crippen LogP contribution in [0.2, 0.25) is 0 Å². The molecule has 0 bridgehead atoms. The number of halogens is 3. The highest BCUT2D eigenvalue weighted by atomic mass is 32.1. The second kappa shape index (κ2) is 4.19. The quantitative estimate of drug-likeness (QED) is 0.846. The van der Waals surface area contributed by atoms with Gasteiger partial charge in [0.05, 0.1) is 11.0 Å². The van der Waals surface area contributed by atoms with Gasteiger partial charge in [0.1, 0.15) is 0 Å². The number of carbonyl (C=O) groups excluding carboxylic acids is 1. The summed E-state index contributed by atoms with van der Waals surface area (Å²) >= 11 is 1.15. The van der Waals surface area contributed by atoms with Crippen molar-refractivity contribution in [3.05, 3.63) is 22.2 Å². The Kier molecular flexibility index (Phi) is 3.00. The Morgan fingerprint density at radius 3 is 2.94 bits per heavy atom. The second-order valence-corrected chi connectivity index (χ2v) is 4.49. The lowest BCUT2D eigenvalue weighted by atomic mass is 10.0. The minimum atomic E-state index is -4.90. The molecule has 0 saturated carbocycles. The standard InChI is InChI=1S/C9H8F3N2O2S/c10-9(11,12)8(15)13-6-1-3-14(16)7-5(6)2-4-17-7/h2,4,6H,1,3H2,(H,13,15)/q-1. The molecule has 0 radical (unpaired) electrons. The smallest absolute Gasteiger partial charge is 0.471 e. The number of nitrogens with zero attached hydrogens (tertiary/aromatic N) is 1. The maximum absolute atomic E-state index is 12.1. The van der Waals surface area contributed by atoms with Crippen LogP contribution < -0.4 is 10.4 Å². The molecule has 4 nitrogen and oxygen atoms in total. The molecule has 1 aliphatic heterocycles. The van der Waals surface area contributed by atoms with Crippen LogP contribution >= 0.6 is 11.3 Å². The summed E-state index contributed by atoms with van der Waals surface area (Å²) in [6.45, 7) is 0.0797. The van der Waals surface area contributed by atoms with E-state index < -0.39 is 18.1 Å². The van der Waals surface area contributed by atoms with Gasteiger partial charge in [-0.1, -0.05) is 0 Å². The molecule has 8 heteroatoms. The number of hydrogen-bond donors (Lipinski definition) is 1. The van der Waals surface area contributed by atoms with E-state index in [9.17, 15) is 23.2 Å². The Balaban J connectivity index is 2.15. The van der Waals surface area contributed by atoms with Crippen LogP contribution in [0.25, 0.3) is 0 Å². The largest absolute Gasteiger partial charge is 0.758 e. The van der Waals surface area contributed by atoms with E-state index in [0.717, 1.165) is 16.4 Å². The molecule has 0 aliphatic carbocycles. The Bertz CT molecular complexity index is 432. The van der Waals surface area contributed by atoms with Crippen LogP contribution in [0.1, 0.15) is 18.0 Å². The number of nitrogens with one attached hydrogen (secondary N) is 1. The molecule has 2 rings (SSSR count). The maximum atomic E-state index is 12.1. The van der Waals surface area contributed by atoms with Crippen LogP contribution in [-0.2, 0) is 4.79 Å². The van der Waals surface area contributed by atoms with Crippen molar-refractivity contribution in [2.75, 3.05) is 11.6 Å². The predicted molar refractivity (Wildman–Crippen MR) is 56.6 cm³/mol. The fraction of sp³-hybridized carbons (Fsp3) is 0.444. The molecule has 0 saturated heterocycles. The van der Waals surface area contributed by atoms with Gasteiger partial charge >= 0.3 is 12.1 Å². The second-order valence-electron chi connectivity index (χ2n) is 3.60. The third kappa shape index (κ3) is 2.37. The SMILES string of the molecule is O=C(NC1CCN([O-])c2sccc21)C(F)(F)F. The van der Waals surface area contributed by atoms with E-state index in [2.05, 4.69) is 0 Å². The van der Waals surface area contributed by atoms with Crippen molar-refractivity contribution < 1.29 is 18.0 Å². The summed E-state index contributed by atoms with van der Waals surface area (Å²) in [7, 11) is 0. The molecular formula is C9H8F3N2O2S-. The molecule has 1 amide bonds. The molecule has 94 valence electrons. The van der Waals surface area contributed by atoms with Gasteiger partial charge in [-0.2, -0.15) is 13.2 Å². The zero-order valence-corrected chi connectivity index (χ0v) is 9.27. The van der Waals surface area contributed by atoms with E-state index in [1.807, 2.05) is 5.32 Å². The molecule has 2 heterocycles. The number of hydrogen-bond acceptors (Lipinski definition) is 4. The minimum absolute atomic E-state index is 0.0797. The number of amides is 1. The number of hydroxylamine groups is 1. The van der Waals surface area contributed by atoms with Gasteiger partial charge in [0.15, 0.2) is 0 Å². The molecule has 1 N–H and O–H groups in total. The maximum Gasteiger partial charge on any atom is 0.471 e. The number of anilines is 1. The lowest BCUT2D eigenvalue weighted by molar-refractivity contribution is -0.174. The zero-order chi connectivity index (χ0) is 12.6. The highest BCUT2D eigenvalue weighted by molar-refractivity contribution is 7.14. The molecule has 1 atom stereocenters. The monoisotopic (exact) mass is 265 g/mol. The first-order chi connectivity index (χ1) is 7.89. The summed E-state index contributed by atoms with van der Waals surface area (Å²) in [6.07, 6.45) is -4.72. The third-order valence-corrected chi connectivity index (χ3v) is 3.39. The van der Waals surface area contributed by atoms with E-state index in [4.69, 9.17) is 0 Å². The van der Waals surface area contributed by atoms with Crippen molar-refractivity contribution >= 4 is 22.2 Å². The lowest BCUT2D eigenvalue weighted by Gasteiger charge is -2.37. The summed E-state index contributed by atoms with van der Waals surface area (Å²) in [5, 5.41) is 16.0. The lowest BCUT2D eigenvalue weighted by Crippen LogP contribution is -2.41. The van der Waals surface area contributed by atoms with E-state index in [0.29, 0.717) is 10.6 Å². The van der Waals surface area contributed by atoms with Crippen molar-refractivity contribution in [1.29, 1.82) is 0 Å². The van der Waals surface area contributed by atoms with E-state index >= 15 is 0 Å². The van der Waals surface area contributed by atoms with Crippen molar-refractivity contribution in [3.8, 4) is 0 Å². The van der Waals surface area contributed by atoms with Crippen LogP contribution in [0.15, 0.2) is 11.4 Å². The molecule has 1 aromatic heterocycles. The van der Waals surface area contributed by atoms with Crippen LogP contribution in [0.5, 0.6) is 0 Å². The van der Waals surface area contributed by atoms with Crippen LogP contribution in [0.4, 0.5) is 18.2 Å². The summed E-state index contributed by atoms with van der Waals surface area (Å²) in [4.78, 5) is 10.8. The van der Waals surface area contributed by atoms with Gasteiger partial charge in [-0.15, -0.1) is 11.3 Å². The Morgan fingerprint density at radius 2 is 2.29 bits per heavy atom. The highest BCUT2D eigenvalue weighted by Gasteiger charge is 2.40. The van der Waals surface area contributed by atoms with Crippen molar-refractivity contribution in [1.82, 2.24) is 5.32 Å². The zero-order valence-electron chi connectivity index (χ0n) is 8.45. The molecule has 0 aromatic carbocycles. The fourth-order valence-electron chi connectivity index (χ4n) is 1.67. The third-order valence-electron chi connectivity index (χ3n) is 2.46. The van der Waals surface area contributed by atoms with Gasteiger partial charge in [-0.3, -0.25) is 4.79 Å². The Labute approximate surface area is 98.6 Å². The van der Waals surface area contributed by atoms with Crippen LogP contribution in [0, 0.1) is 5.21 Å². The number of fused-ring (bicyclic) bond motifs is 1. The number of thiophene rings is 1. The molecule has 1 aromatic rings. The van der Waals surface area contributed by atoms with Gasteiger partial charge in [0, 0.05) is 12.1 Å². The van der Waals surface area contributed by atoms with Crippen LogP contribution in [0.3, 0.4) is 0 Å². The van der Waals surface area contributed by atoms with Crippen molar-refractivity contribution in [3.63, 3.8) is 0 Å². The average molecular weight is 265 g/mol. The van der Waals surface area contributed by atoms with E-state index in [1.54, 1.807) is 11.4 Å². The molecule has 0 fully saturated rings. The molecular weight excluding hydrogens is 257 g/mol.